The molecule has 5 nitrogen and oxygen atoms in total. The molecule has 0 aliphatic heterocycles. The van der Waals surface area contributed by atoms with Crippen LogP contribution < -0.4 is 4.74 Å². The summed E-state index contributed by atoms with van der Waals surface area (Å²) >= 11 is 4.31. The second-order valence-electron chi connectivity index (χ2n) is 3.64. The Balaban J connectivity index is 2.09. The van der Waals surface area contributed by atoms with Gasteiger partial charge in [-0.05, 0) is 18.2 Å². The van der Waals surface area contributed by atoms with E-state index in [4.69, 9.17) is 4.74 Å². The van der Waals surface area contributed by atoms with Crippen LogP contribution in [0.1, 0.15) is 15.9 Å². The van der Waals surface area contributed by atoms with E-state index in [2.05, 4.69) is 15.9 Å². The van der Waals surface area contributed by atoms with Gasteiger partial charge < -0.3 is 4.74 Å². The zero-order chi connectivity index (χ0) is 13.8. The third-order valence-electron chi connectivity index (χ3n) is 2.31. The second-order valence-corrected chi connectivity index (χ2v) is 5.44. The van der Waals surface area contributed by atoms with Crippen molar-refractivity contribution in [3.05, 3.63) is 55.4 Å². The first kappa shape index (κ1) is 13.7. The minimum absolute atomic E-state index is 0.0741. The summed E-state index contributed by atoms with van der Waals surface area (Å²) < 4.78 is 6.28. The minimum Gasteiger partial charge on any atom is -0.488 e. The largest absolute Gasteiger partial charge is 0.488 e. The Morgan fingerprint density at radius 3 is 2.84 bits per heavy atom. The van der Waals surface area contributed by atoms with Crippen molar-refractivity contribution in [3.63, 3.8) is 0 Å². The number of halogens is 1. The minimum atomic E-state index is -0.440. The fourth-order valence-corrected chi connectivity index (χ4v) is 2.53. The molecule has 2 aromatic rings. The Hall–Kier alpha value is -1.73. The summed E-state index contributed by atoms with van der Waals surface area (Å²) in [5.74, 6) is 0.451. The van der Waals surface area contributed by atoms with E-state index in [-0.39, 0.29) is 11.6 Å². The van der Waals surface area contributed by atoms with Crippen molar-refractivity contribution in [3.8, 4) is 5.75 Å². The van der Waals surface area contributed by atoms with Crippen molar-refractivity contribution in [1.29, 1.82) is 0 Å². The molecule has 0 bridgehead atoms. The lowest BCUT2D eigenvalue weighted by atomic mass is 10.2. The van der Waals surface area contributed by atoms with E-state index < -0.39 is 4.92 Å². The van der Waals surface area contributed by atoms with Gasteiger partial charge in [-0.25, -0.2) is 0 Å². The van der Waals surface area contributed by atoms with Crippen molar-refractivity contribution in [1.82, 2.24) is 0 Å². The van der Waals surface area contributed by atoms with E-state index in [1.165, 1.54) is 6.07 Å². The molecule has 0 saturated heterocycles. The lowest BCUT2D eigenvalue weighted by molar-refractivity contribution is -0.380. The SMILES string of the molecule is O=Cc1cc(Br)ccc1OCc1csc([N+](=O)[O-])c1. The van der Waals surface area contributed by atoms with Crippen molar-refractivity contribution in [2.45, 2.75) is 6.61 Å². The van der Waals surface area contributed by atoms with Crippen LogP contribution >= 0.6 is 27.3 Å². The molecule has 1 aromatic carbocycles. The van der Waals surface area contributed by atoms with Gasteiger partial charge in [-0.15, -0.1) is 0 Å². The zero-order valence-electron chi connectivity index (χ0n) is 9.54. The Morgan fingerprint density at radius 1 is 1.42 bits per heavy atom. The summed E-state index contributed by atoms with van der Waals surface area (Å²) in [6.45, 7) is 0.187. The smallest absolute Gasteiger partial charge is 0.324 e. The molecule has 0 spiro atoms. The van der Waals surface area contributed by atoms with Crippen molar-refractivity contribution in [2.24, 2.45) is 0 Å². The van der Waals surface area contributed by atoms with Gasteiger partial charge >= 0.3 is 5.00 Å². The number of aldehydes is 1. The molecule has 1 aromatic heterocycles. The van der Waals surface area contributed by atoms with Gasteiger partial charge in [-0.2, -0.15) is 0 Å². The number of hydrogen-bond acceptors (Lipinski definition) is 5. The normalized spacial score (nSPS) is 10.2. The standard InChI is InChI=1S/C12H8BrNO4S/c13-10-1-2-11(9(4-10)5-15)18-6-8-3-12(14(16)17)19-7-8/h1-5,7H,6H2. The van der Waals surface area contributed by atoms with Crippen LogP contribution in [0, 0.1) is 10.1 Å². The molecule has 0 fully saturated rings. The van der Waals surface area contributed by atoms with Crippen LogP contribution in [0.5, 0.6) is 5.75 Å². The summed E-state index contributed by atoms with van der Waals surface area (Å²) in [5, 5.41) is 12.3. The second kappa shape index (κ2) is 5.94. The molecular formula is C12H8BrNO4S. The molecule has 2 rings (SSSR count). The summed E-state index contributed by atoms with van der Waals surface area (Å²) in [7, 11) is 0. The van der Waals surface area contributed by atoms with Gasteiger partial charge in [0.25, 0.3) is 0 Å². The van der Waals surface area contributed by atoms with E-state index >= 15 is 0 Å². The Morgan fingerprint density at radius 2 is 2.21 bits per heavy atom. The lowest BCUT2D eigenvalue weighted by Gasteiger charge is -2.07. The fourth-order valence-electron chi connectivity index (χ4n) is 1.44. The number of nitro groups is 1. The van der Waals surface area contributed by atoms with Crippen molar-refractivity contribution < 1.29 is 14.5 Å². The number of benzene rings is 1. The highest BCUT2D eigenvalue weighted by atomic mass is 79.9. The number of rotatable bonds is 5. The highest BCUT2D eigenvalue weighted by Crippen LogP contribution is 2.26. The highest BCUT2D eigenvalue weighted by Gasteiger charge is 2.10. The van der Waals surface area contributed by atoms with Gasteiger partial charge in [-0.3, -0.25) is 14.9 Å². The molecule has 0 unspecified atom stereocenters. The molecule has 0 aliphatic rings. The van der Waals surface area contributed by atoms with E-state index in [9.17, 15) is 14.9 Å². The number of carbonyl (C=O) groups is 1. The fraction of sp³-hybridized carbons (Fsp3) is 0.0833. The molecule has 0 amide bonds. The maximum Gasteiger partial charge on any atom is 0.324 e. The summed E-state index contributed by atoms with van der Waals surface area (Å²) in [4.78, 5) is 21.0. The van der Waals surface area contributed by atoms with Gasteiger partial charge in [0.15, 0.2) is 6.29 Å². The number of hydrogen-bond donors (Lipinski definition) is 0. The third-order valence-corrected chi connectivity index (χ3v) is 3.74. The average Bonchev–Trinajstić information content (AvgIpc) is 2.86. The maximum atomic E-state index is 10.9. The molecule has 0 radical (unpaired) electrons. The predicted octanol–water partition coefficient (Wildman–Crippen LogP) is 3.81. The van der Waals surface area contributed by atoms with Crippen LogP contribution in [0.3, 0.4) is 0 Å². The highest BCUT2D eigenvalue weighted by molar-refractivity contribution is 9.10. The van der Waals surface area contributed by atoms with Crippen LogP contribution in [0.2, 0.25) is 0 Å². The van der Waals surface area contributed by atoms with Gasteiger partial charge in [0, 0.05) is 21.5 Å². The topological polar surface area (TPSA) is 69.4 Å². The first-order valence-corrected chi connectivity index (χ1v) is 6.87. The molecule has 19 heavy (non-hydrogen) atoms. The van der Waals surface area contributed by atoms with Crippen LogP contribution in [-0.4, -0.2) is 11.2 Å². The Labute approximate surface area is 121 Å². The quantitative estimate of drug-likeness (QED) is 0.471. The number of carbonyl (C=O) groups excluding carboxylic acids is 1. The van der Waals surface area contributed by atoms with E-state index in [1.807, 2.05) is 0 Å². The molecule has 0 N–H and O–H groups in total. The number of thiophene rings is 1. The molecule has 0 atom stereocenters. The molecule has 7 heteroatoms. The first-order chi connectivity index (χ1) is 9.10. The molecule has 98 valence electrons. The molecule has 0 aliphatic carbocycles. The Bertz CT molecular complexity index is 626. The van der Waals surface area contributed by atoms with Gasteiger partial charge in [-0.1, -0.05) is 27.3 Å². The monoisotopic (exact) mass is 341 g/mol. The van der Waals surface area contributed by atoms with Crippen LogP contribution in [0.25, 0.3) is 0 Å². The van der Waals surface area contributed by atoms with Crippen LogP contribution in [0.15, 0.2) is 34.1 Å². The van der Waals surface area contributed by atoms with E-state index in [0.717, 1.165) is 15.8 Å². The maximum absolute atomic E-state index is 10.9. The predicted molar refractivity (Wildman–Crippen MR) is 74.8 cm³/mol. The van der Waals surface area contributed by atoms with Crippen LogP contribution in [0.4, 0.5) is 5.00 Å². The lowest BCUT2D eigenvalue weighted by Crippen LogP contribution is -1.97. The Kier molecular flexibility index (Phi) is 4.28. The summed E-state index contributed by atoms with van der Waals surface area (Å²) in [6, 6.07) is 6.55. The third kappa shape index (κ3) is 3.39. The number of ether oxygens (including phenoxy) is 1. The van der Waals surface area contributed by atoms with Crippen LogP contribution in [-0.2, 0) is 6.61 Å². The van der Waals surface area contributed by atoms with Gasteiger partial charge in [0.05, 0.1) is 10.5 Å². The molecule has 0 saturated carbocycles. The first-order valence-electron chi connectivity index (χ1n) is 5.19. The van der Waals surface area contributed by atoms with Crippen molar-refractivity contribution >= 4 is 38.6 Å². The zero-order valence-corrected chi connectivity index (χ0v) is 11.9. The average molecular weight is 342 g/mol. The van der Waals surface area contributed by atoms with E-state index in [1.54, 1.807) is 23.6 Å². The summed E-state index contributed by atoms with van der Waals surface area (Å²) in [6.07, 6.45) is 0.705. The molecular weight excluding hydrogens is 334 g/mol. The summed E-state index contributed by atoms with van der Waals surface area (Å²) in [5.41, 5.74) is 1.13. The number of nitrogens with zero attached hydrogens (tertiary/aromatic N) is 1. The van der Waals surface area contributed by atoms with Crippen molar-refractivity contribution in [2.75, 3.05) is 0 Å². The van der Waals surface area contributed by atoms with E-state index in [0.29, 0.717) is 23.2 Å². The van der Waals surface area contributed by atoms with Gasteiger partial charge in [0.2, 0.25) is 0 Å². The van der Waals surface area contributed by atoms with Gasteiger partial charge in [0.1, 0.15) is 12.4 Å². The molecule has 1 heterocycles.